The minimum absolute atomic E-state index is 0.573. The van der Waals surface area contributed by atoms with Gasteiger partial charge < -0.3 is 9.47 Å². The van der Waals surface area contributed by atoms with E-state index in [4.69, 9.17) is 9.47 Å². The van der Waals surface area contributed by atoms with Crippen molar-refractivity contribution >= 4 is 0 Å². The highest BCUT2D eigenvalue weighted by Gasteiger charge is 2.16. The van der Waals surface area contributed by atoms with Gasteiger partial charge in [-0.05, 0) is 42.2 Å². The van der Waals surface area contributed by atoms with Crippen molar-refractivity contribution < 1.29 is 9.47 Å². The van der Waals surface area contributed by atoms with Gasteiger partial charge in [-0.3, -0.25) is 0 Å². The standard InChI is InChI=1S/C23H32O2/c1-20(21-11-5-3-6-12-21)19-23(22-13-7-4-8-14-22)15-9-10-16-25-18-17-24-2/h3-8,11-14,20,23H,9-10,15-19H2,1-2H3. The lowest BCUT2D eigenvalue weighted by atomic mass is 9.83. The zero-order valence-corrected chi connectivity index (χ0v) is 15.7. The monoisotopic (exact) mass is 340 g/mol. The fourth-order valence-corrected chi connectivity index (χ4v) is 3.33. The Morgan fingerprint density at radius 2 is 1.40 bits per heavy atom. The van der Waals surface area contributed by atoms with Gasteiger partial charge in [-0.15, -0.1) is 0 Å². The fraction of sp³-hybridized carbons (Fsp3) is 0.478. The van der Waals surface area contributed by atoms with Crippen LogP contribution in [0.3, 0.4) is 0 Å². The van der Waals surface area contributed by atoms with Crippen LogP contribution in [0.1, 0.15) is 55.6 Å². The Hall–Kier alpha value is -1.64. The summed E-state index contributed by atoms with van der Waals surface area (Å²) in [5, 5.41) is 0. The van der Waals surface area contributed by atoms with Crippen molar-refractivity contribution in [1.29, 1.82) is 0 Å². The molecule has 0 aliphatic carbocycles. The molecule has 2 heteroatoms. The maximum atomic E-state index is 5.59. The first-order valence-electron chi connectivity index (χ1n) is 9.48. The third-order valence-corrected chi connectivity index (χ3v) is 4.80. The molecule has 0 aromatic heterocycles. The summed E-state index contributed by atoms with van der Waals surface area (Å²) >= 11 is 0. The highest BCUT2D eigenvalue weighted by molar-refractivity contribution is 5.23. The zero-order chi connectivity index (χ0) is 17.7. The largest absolute Gasteiger partial charge is 0.382 e. The second-order valence-corrected chi connectivity index (χ2v) is 6.76. The van der Waals surface area contributed by atoms with E-state index in [9.17, 15) is 0 Å². The quantitative estimate of drug-likeness (QED) is 0.455. The smallest absolute Gasteiger partial charge is 0.0700 e. The number of ether oxygens (including phenoxy) is 2. The van der Waals surface area contributed by atoms with Crippen molar-refractivity contribution in [2.45, 2.75) is 44.4 Å². The van der Waals surface area contributed by atoms with E-state index in [1.54, 1.807) is 7.11 Å². The summed E-state index contributed by atoms with van der Waals surface area (Å²) in [4.78, 5) is 0. The molecule has 0 saturated carbocycles. The molecule has 2 unspecified atom stereocenters. The second kappa shape index (κ2) is 11.8. The highest BCUT2D eigenvalue weighted by Crippen LogP contribution is 2.33. The molecular weight excluding hydrogens is 308 g/mol. The third kappa shape index (κ3) is 7.41. The Balaban J connectivity index is 1.86. The molecular formula is C23H32O2. The van der Waals surface area contributed by atoms with Crippen LogP contribution in [-0.4, -0.2) is 26.9 Å². The van der Waals surface area contributed by atoms with Gasteiger partial charge in [0.1, 0.15) is 0 Å². The average molecular weight is 341 g/mol. The third-order valence-electron chi connectivity index (χ3n) is 4.80. The van der Waals surface area contributed by atoms with E-state index < -0.39 is 0 Å². The van der Waals surface area contributed by atoms with Crippen LogP contribution in [0.4, 0.5) is 0 Å². The normalized spacial score (nSPS) is 13.5. The second-order valence-electron chi connectivity index (χ2n) is 6.76. The lowest BCUT2D eigenvalue weighted by Crippen LogP contribution is -2.06. The summed E-state index contributed by atoms with van der Waals surface area (Å²) in [5.74, 6) is 1.18. The molecule has 0 radical (unpaired) electrons. The number of benzene rings is 2. The van der Waals surface area contributed by atoms with Crippen molar-refractivity contribution in [2.75, 3.05) is 26.9 Å². The van der Waals surface area contributed by atoms with Crippen molar-refractivity contribution in [2.24, 2.45) is 0 Å². The van der Waals surface area contributed by atoms with E-state index in [1.165, 1.54) is 30.4 Å². The summed E-state index contributed by atoms with van der Waals surface area (Å²) < 4.78 is 10.6. The Labute approximate surface area is 153 Å². The average Bonchev–Trinajstić information content (AvgIpc) is 2.67. The maximum Gasteiger partial charge on any atom is 0.0700 e. The van der Waals surface area contributed by atoms with Gasteiger partial charge >= 0.3 is 0 Å². The highest BCUT2D eigenvalue weighted by atomic mass is 16.5. The van der Waals surface area contributed by atoms with E-state index in [1.807, 2.05) is 0 Å². The SMILES string of the molecule is COCCOCCCCC(CC(C)c1ccccc1)c1ccccc1. The topological polar surface area (TPSA) is 18.5 Å². The van der Waals surface area contributed by atoms with Gasteiger partial charge in [0.25, 0.3) is 0 Å². The Morgan fingerprint density at radius 1 is 0.760 bits per heavy atom. The van der Waals surface area contributed by atoms with Gasteiger partial charge in [-0.2, -0.15) is 0 Å². The zero-order valence-electron chi connectivity index (χ0n) is 15.7. The fourth-order valence-electron chi connectivity index (χ4n) is 3.33. The van der Waals surface area contributed by atoms with Crippen molar-refractivity contribution in [1.82, 2.24) is 0 Å². The molecule has 2 aromatic rings. The summed E-state index contributed by atoms with van der Waals surface area (Å²) in [6.07, 6.45) is 4.73. The van der Waals surface area contributed by atoms with E-state index in [-0.39, 0.29) is 0 Å². The first-order chi connectivity index (χ1) is 12.3. The Morgan fingerprint density at radius 3 is 2.04 bits per heavy atom. The van der Waals surface area contributed by atoms with Crippen LogP contribution in [0.2, 0.25) is 0 Å². The van der Waals surface area contributed by atoms with Crippen LogP contribution in [0.25, 0.3) is 0 Å². The molecule has 0 amide bonds. The van der Waals surface area contributed by atoms with Gasteiger partial charge in [0.2, 0.25) is 0 Å². The molecule has 0 spiro atoms. The first-order valence-corrected chi connectivity index (χ1v) is 9.48. The van der Waals surface area contributed by atoms with Crippen LogP contribution < -0.4 is 0 Å². The molecule has 0 bridgehead atoms. The number of rotatable bonds is 12. The number of methoxy groups -OCH3 is 1. The number of unbranched alkanes of at least 4 members (excludes halogenated alkanes) is 1. The van der Waals surface area contributed by atoms with Gasteiger partial charge in [-0.25, -0.2) is 0 Å². The van der Waals surface area contributed by atoms with Gasteiger partial charge in [0, 0.05) is 13.7 Å². The summed E-state index contributed by atoms with van der Waals surface area (Å²) in [6.45, 7) is 4.56. The molecule has 0 saturated heterocycles. The summed E-state index contributed by atoms with van der Waals surface area (Å²) in [5.41, 5.74) is 2.90. The van der Waals surface area contributed by atoms with Crippen molar-refractivity contribution in [3.05, 3.63) is 71.8 Å². The molecule has 0 heterocycles. The van der Waals surface area contributed by atoms with Gasteiger partial charge in [-0.1, -0.05) is 74.0 Å². The molecule has 2 rings (SSSR count). The molecule has 0 fully saturated rings. The van der Waals surface area contributed by atoms with Crippen molar-refractivity contribution in [3.63, 3.8) is 0 Å². The molecule has 2 aromatic carbocycles. The van der Waals surface area contributed by atoms with Crippen LogP contribution >= 0.6 is 0 Å². The Kier molecular flexibility index (Phi) is 9.32. The molecule has 2 nitrogen and oxygen atoms in total. The van der Waals surface area contributed by atoms with E-state index >= 15 is 0 Å². The Bertz CT molecular complexity index is 553. The van der Waals surface area contributed by atoms with Crippen LogP contribution in [-0.2, 0) is 9.47 Å². The number of hydrogen-bond donors (Lipinski definition) is 0. The van der Waals surface area contributed by atoms with Crippen LogP contribution in [0.5, 0.6) is 0 Å². The van der Waals surface area contributed by atoms with Crippen LogP contribution in [0, 0.1) is 0 Å². The predicted molar refractivity (Wildman–Crippen MR) is 105 cm³/mol. The molecule has 136 valence electrons. The summed E-state index contributed by atoms with van der Waals surface area (Å²) in [7, 11) is 1.71. The lowest BCUT2D eigenvalue weighted by molar-refractivity contribution is 0.0684. The lowest BCUT2D eigenvalue weighted by Gasteiger charge is -2.22. The summed E-state index contributed by atoms with van der Waals surface area (Å²) in [6, 6.07) is 21.8. The van der Waals surface area contributed by atoms with E-state index in [0.717, 1.165) is 13.0 Å². The molecule has 0 aliphatic rings. The minimum Gasteiger partial charge on any atom is -0.382 e. The molecule has 0 N–H and O–H groups in total. The molecule has 0 aliphatic heterocycles. The van der Waals surface area contributed by atoms with Gasteiger partial charge in [0.15, 0.2) is 0 Å². The van der Waals surface area contributed by atoms with E-state index in [2.05, 4.69) is 67.6 Å². The molecule has 25 heavy (non-hydrogen) atoms. The predicted octanol–water partition coefficient (Wildman–Crippen LogP) is 5.80. The van der Waals surface area contributed by atoms with Crippen LogP contribution in [0.15, 0.2) is 60.7 Å². The van der Waals surface area contributed by atoms with E-state index in [0.29, 0.717) is 25.0 Å². The van der Waals surface area contributed by atoms with Gasteiger partial charge in [0.05, 0.1) is 13.2 Å². The number of hydrogen-bond acceptors (Lipinski definition) is 2. The molecule has 2 atom stereocenters. The first kappa shape index (κ1) is 19.7. The minimum atomic E-state index is 0.573. The maximum absolute atomic E-state index is 5.59. The van der Waals surface area contributed by atoms with Crippen molar-refractivity contribution in [3.8, 4) is 0 Å².